The van der Waals surface area contributed by atoms with Gasteiger partial charge in [-0.1, -0.05) is 26.0 Å². The average Bonchev–Trinajstić information content (AvgIpc) is 2.39. The van der Waals surface area contributed by atoms with Crippen LogP contribution in [0, 0.1) is 5.92 Å². The molecule has 0 spiro atoms. The molecular weight excluding hydrogens is 302 g/mol. The quantitative estimate of drug-likeness (QED) is 0.842. The van der Waals surface area contributed by atoms with Gasteiger partial charge in [0.2, 0.25) is 0 Å². The third kappa shape index (κ3) is 4.32. The Morgan fingerprint density at radius 1 is 1.42 bits per heavy atom. The topological polar surface area (TPSA) is 28.2 Å². The van der Waals surface area contributed by atoms with Crippen LogP contribution in [0.1, 0.15) is 25.8 Å². The Balaban J connectivity index is 2.10. The van der Waals surface area contributed by atoms with E-state index in [1.165, 1.54) is 5.56 Å². The van der Waals surface area contributed by atoms with E-state index in [9.17, 15) is 0 Å². The molecule has 0 atom stereocenters. The summed E-state index contributed by atoms with van der Waals surface area (Å²) in [7, 11) is 0. The lowest BCUT2D eigenvalue weighted by Crippen LogP contribution is -2.30. The van der Waals surface area contributed by atoms with Gasteiger partial charge in [-0.3, -0.25) is 0 Å². The molecule has 104 valence electrons. The summed E-state index contributed by atoms with van der Waals surface area (Å²) >= 11 is 3.52. The second-order valence-corrected chi connectivity index (χ2v) is 6.28. The van der Waals surface area contributed by atoms with Gasteiger partial charge < -0.3 is 10.2 Å². The number of rotatable bonds is 5. The van der Waals surface area contributed by atoms with Crippen molar-refractivity contribution >= 4 is 21.7 Å². The van der Waals surface area contributed by atoms with E-state index in [0.717, 1.165) is 42.9 Å². The fraction of sp³-hybridized carbons (Fsp3) is 0.533. The van der Waals surface area contributed by atoms with Crippen LogP contribution in [-0.2, 0) is 6.54 Å². The predicted octanol–water partition coefficient (Wildman–Crippen LogP) is 3.36. The van der Waals surface area contributed by atoms with Gasteiger partial charge in [-0.15, -0.1) is 0 Å². The van der Waals surface area contributed by atoms with Crippen LogP contribution in [0.15, 0.2) is 28.9 Å². The highest BCUT2D eigenvalue weighted by Gasteiger charge is 2.13. The van der Waals surface area contributed by atoms with Crippen LogP contribution in [-0.4, -0.2) is 24.6 Å². The molecule has 2 heterocycles. The SMILES string of the molecule is CC(C)CNCc1cc(Br)cnc1N1CC=CCC1. The fourth-order valence-corrected chi connectivity index (χ4v) is 2.60. The first kappa shape index (κ1) is 14.5. The van der Waals surface area contributed by atoms with Gasteiger partial charge in [0.25, 0.3) is 0 Å². The molecule has 19 heavy (non-hydrogen) atoms. The number of nitrogens with one attached hydrogen (secondary N) is 1. The minimum absolute atomic E-state index is 0.668. The summed E-state index contributed by atoms with van der Waals surface area (Å²) in [6, 6.07) is 2.17. The molecule has 0 fully saturated rings. The Morgan fingerprint density at radius 2 is 2.26 bits per heavy atom. The Labute approximate surface area is 124 Å². The van der Waals surface area contributed by atoms with Crippen LogP contribution in [0.4, 0.5) is 5.82 Å². The summed E-state index contributed by atoms with van der Waals surface area (Å²) in [4.78, 5) is 6.95. The van der Waals surface area contributed by atoms with Crippen molar-refractivity contribution in [2.45, 2.75) is 26.8 Å². The van der Waals surface area contributed by atoms with Crippen molar-refractivity contribution in [2.24, 2.45) is 5.92 Å². The zero-order valence-corrected chi connectivity index (χ0v) is 13.3. The molecule has 1 aliphatic rings. The van der Waals surface area contributed by atoms with Gasteiger partial charge in [0.15, 0.2) is 0 Å². The molecule has 1 N–H and O–H groups in total. The van der Waals surface area contributed by atoms with Gasteiger partial charge in [-0.25, -0.2) is 4.98 Å². The van der Waals surface area contributed by atoms with Crippen molar-refractivity contribution in [3.8, 4) is 0 Å². The van der Waals surface area contributed by atoms with Gasteiger partial charge in [0.1, 0.15) is 5.82 Å². The summed E-state index contributed by atoms with van der Waals surface area (Å²) < 4.78 is 1.05. The number of halogens is 1. The molecule has 4 heteroatoms. The van der Waals surface area contributed by atoms with Gasteiger partial charge >= 0.3 is 0 Å². The summed E-state index contributed by atoms with van der Waals surface area (Å²) in [5, 5.41) is 3.50. The maximum absolute atomic E-state index is 4.60. The number of hydrogen-bond donors (Lipinski definition) is 1. The van der Waals surface area contributed by atoms with E-state index in [1.54, 1.807) is 0 Å². The monoisotopic (exact) mass is 323 g/mol. The number of pyridine rings is 1. The molecule has 1 aromatic rings. The molecule has 1 aromatic heterocycles. The molecule has 0 saturated heterocycles. The third-order valence-corrected chi connectivity index (χ3v) is 3.57. The van der Waals surface area contributed by atoms with Crippen molar-refractivity contribution in [1.29, 1.82) is 0 Å². The van der Waals surface area contributed by atoms with Gasteiger partial charge in [-0.05, 0) is 40.9 Å². The number of anilines is 1. The number of aromatic nitrogens is 1. The summed E-state index contributed by atoms with van der Waals surface area (Å²) in [6.07, 6.45) is 7.46. The van der Waals surface area contributed by atoms with Crippen molar-refractivity contribution in [2.75, 3.05) is 24.5 Å². The van der Waals surface area contributed by atoms with Crippen LogP contribution in [0.2, 0.25) is 0 Å². The standard InChI is InChI=1S/C15H22BrN3/c1-12(2)9-17-10-13-8-14(16)11-18-15(13)19-6-4-3-5-7-19/h3-4,8,11-12,17H,5-7,9-10H2,1-2H3. The fourth-order valence-electron chi connectivity index (χ4n) is 2.22. The first-order valence-electron chi connectivity index (χ1n) is 6.92. The van der Waals surface area contributed by atoms with Crippen LogP contribution in [0.3, 0.4) is 0 Å². The third-order valence-electron chi connectivity index (χ3n) is 3.14. The lowest BCUT2D eigenvalue weighted by molar-refractivity contribution is 0.551. The number of nitrogens with zero attached hydrogens (tertiary/aromatic N) is 2. The maximum atomic E-state index is 4.60. The van der Waals surface area contributed by atoms with E-state index in [2.05, 4.69) is 63.2 Å². The summed E-state index contributed by atoms with van der Waals surface area (Å²) in [5.41, 5.74) is 1.27. The van der Waals surface area contributed by atoms with Gasteiger partial charge in [0.05, 0.1) is 0 Å². The minimum atomic E-state index is 0.668. The predicted molar refractivity (Wildman–Crippen MR) is 84.5 cm³/mol. The molecule has 0 bridgehead atoms. The van der Waals surface area contributed by atoms with Crippen molar-refractivity contribution in [3.63, 3.8) is 0 Å². The molecular formula is C15H22BrN3. The molecule has 2 rings (SSSR count). The minimum Gasteiger partial charge on any atom is -0.352 e. The van der Waals surface area contributed by atoms with Gasteiger partial charge in [0, 0.05) is 35.9 Å². The highest BCUT2D eigenvalue weighted by molar-refractivity contribution is 9.10. The van der Waals surface area contributed by atoms with E-state index >= 15 is 0 Å². The smallest absolute Gasteiger partial charge is 0.133 e. The second kappa shape index (κ2) is 7.06. The van der Waals surface area contributed by atoms with E-state index < -0.39 is 0 Å². The molecule has 0 saturated carbocycles. The maximum Gasteiger partial charge on any atom is 0.133 e. The largest absolute Gasteiger partial charge is 0.352 e. The summed E-state index contributed by atoms with van der Waals surface area (Å²) in [6.45, 7) is 8.38. The molecule has 0 amide bonds. The number of hydrogen-bond acceptors (Lipinski definition) is 3. The molecule has 0 aromatic carbocycles. The Hall–Kier alpha value is -0.870. The van der Waals surface area contributed by atoms with Crippen molar-refractivity contribution < 1.29 is 0 Å². The highest BCUT2D eigenvalue weighted by atomic mass is 79.9. The van der Waals surface area contributed by atoms with Crippen molar-refractivity contribution in [1.82, 2.24) is 10.3 Å². The zero-order valence-electron chi connectivity index (χ0n) is 11.7. The Morgan fingerprint density at radius 3 is 2.95 bits per heavy atom. The Kier molecular flexibility index (Phi) is 5.40. The van der Waals surface area contributed by atoms with Gasteiger partial charge in [-0.2, -0.15) is 0 Å². The molecule has 0 unspecified atom stereocenters. The average molecular weight is 324 g/mol. The van der Waals surface area contributed by atoms with E-state index in [-0.39, 0.29) is 0 Å². The first-order chi connectivity index (χ1) is 9.16. The normalized spacial score (nSPS) is 15.3. The molecule has 0 radical (unpaired) electrons. The van der Waals surface area contributed by atoms with Crippen LogP contribution >= 0.6 is 15.9 Å². The molecule has 3 nitrogen and oxygen atoms in total. The Bertz CT molecular complexity index is 443. The zero-order chi connectivity index (χ0) is 13.7. The van der Waals surface area contributed by atoms with E-state index in [0.29, 0.717) is 5.92 Å². The summed E-state index contributed by atoms with van der Waals surface area (Å²) in [5.74, 6) is 1.78. The second-order valence-electron chi connectivity index (χ2n) is 5.37. The molecule has 1 aliphatic heterocycles. The van der Waals surface area contributed by atoms with Crippen LogP contribution in [0.5, 0.6) is 0 Å². The molecule has 0 aliphatic carbocycles. The van der Waals surface area contributed by atoms with Crippen LogP contribution < -0.4 is 10.2 Å². The van der Waals surface area contributed by atoms with E-state index in [4.69, 9.17) is 0 Å². The lowest BCUT2D eigenvalue weighted by Gasteiger charge is -2.27. The lowest BCUT2D eigenvalue weighted by atomic mass is 10.2. The first-order valence-corrected chi connectivity index (χ1v) is 7.71. The van der Waals surface area contributed by atoms with Crippen molar-refractivity contribution in [3.05, 3.63) is 34.5 Å². The van der Waals surface area contributed by atoms with E-state index in [1.807, 2.05) is 6.20 Å². The van der Waals surface area contributed by atoms with Crippen LogP contribution in [0.25, 0.3) is 0 Å². The highest BCUT2D eigenvalue weighted by Crippen LogP contribution is 2.23.